The van der Waals surface area contributed by atoms with E-state index in [2.05, 4.69) is 0 Å². The summed E-state index contributed by atoms with van der Waals surface area (Å²) in [6.45, 7) is 0. The van der Waals surface area contributed by atoms with Crippen LogP contribution in [0.3, 0.4) is 0 Å². The Bertz CT molecular complexity index is 525. The second kappa shape index (κ2) is 23.4. The molecule has 0 heterocycles. The Labute approximate surface area is 203 Å². The predicted molar refractivity (Wildman–Crippen MR) is 81.7 cm³/mol. The molecular weight excluding hydrogens is 526 g/mol. The number of rotatable bonds is 12. The molecule has 6 N–H and O–H groups in total. The minimum Gasteiger partial charge on any atom is -0.550 e. The largest absolute Gasteiger partial charge is 3.00 e. The van der Waals surface area contributed by atoms with Crippen molar-refractivity contribution in [3.63, 3.8) is 0 Å². The van der Waals surface area contributed by atoms with E-state index in [1.54, 1.807) is 0 Å². The van der Waals surface area contributed by atoms with Crippen molar-refractivity contribution < 1.29 is 93.5 Å². The van der Waals surface area contributed by atoms with Crippen LogP contribution in [-0.2, 0) is 62.9 Å². The first kappa shape index (κ1) is 40.1. The van der Waals surface area contributed by atoms with Gasteiger partial charge in [0.15, 0.2) is 0 Å². The number of hydrogen-bond acceptors (Lipinski definition) is 15. The molecule has 184 valence electrons. The SMILES string of the molecule is NC(CCC(=O)[O-])C(=O)[O-].NC(CCC(=O)[O-])C(=O)[O-].NC(CCC(=O)[O-])C(=O)[O-].[Fe+3].[Fe+3]. The summed E-state index contributed by atoms with van der Waals surface area (Å²) in [5.41, 5.74) is 14.7. The first-order valence-electron chi connectivity index (χ1n) is 8.10. The van der Waals surface area contributed by atoms with Gasteiger partial charge in [0.05, 0.1) is 17.9 Å². The molecule has 0 saturated carbocycles. The van der Waals surface area contributed by atoms with Crippen LogP contribution in [0.4, 0.5) is 0 Å². The van der Waals surface area contributed by atoms with Crippen molar-refractivity contribution in [2.45, 2.75) is 56.7 Å². The van der Waals surface area contributed by atoms with Gasteiger partial charge in [-0.3, -0.25) is 0 Å². The van der Waals surface area contributed by atoms with Crippen LogP contribution in [-0.4, -0.2) is 53.9 Å². The first-order chi connectivity index (χ1) is 13.6. The van der Waals surface area contributed by atoms with Crippen molar-refractivity contribution in [1.82, 2.24) is 0 Å². The van der Waals surface area contributed by atoms with Gasteiger partial charge in [0, 0.05) is 36.0 Å². The molecule has 0 amide bonds. The molecule has 0 fully saturated rings. The summed E-state index contributed by atoms with van der Waals surface area (Å²) in [4.78, 5) is 58.8. The van der Waals surface area contributed by atoms with E-state index in [0.29, 0.717) is 0 Å². The fraction of sp³-hybridized carbons (Fsp3) is 0.600. The Morgan fingerprint density at radius 1 is 0.469 bits per heavy atom. The fourth-order valence-electron chi connectivity index (χ4n) is 1.17. The maximum Gasteiger partial charge on any atom is 3.00 e. The quantitative estimate of drug-likeness (QED) is 0.191. The summed E-state index contributed by atoms with van der Waals surface area (Å²) in [6, 6.07) is -3.63. The molecule has 0 aliphatic rings. The number of carbonyl (C=O) groups excluding carboxylic acids is 6. The minimum absolute atomic E-state index is 0. The monoisotopic (exact) mass is 547 g/mol. The van der Waals surface area contributed by atoms with Crippen molar-refractivity contribution in [3.8, 4) is 0 Å². The van der Waals surface area contributed by atoms with E-state index in [9.17, 15) is 59.4 Å². The smallest absolute Gasteiger partial charge is 0.550 e. The zero-order valence-electron chi connectivity index (χ0n) is 16.3. The summed E-state index contributed by atoms with van der Waals surface area (Å²) in [5.74, 6) is -8.26. The van der Waals surface area contributed by atoms with Gasteiger partial charge in [-0.1, -0.05) is 0 Å². The number of hydrogen-bond donors (Lipinski definition) is 3. The molecule has 0 rings (SSSR count). The third kappa shape index (κ3) is 32.4. The van der Waals surface area contributed by atoms with Gasteiger partial charge in [0.25, 0.3) is 0 Å². The summed E-state index contributed by atoms with van der Waals surface area (Å²) >= 11 is 0. The van der Waals surface area contributed by atoms with Gasteiger partial charge in [-0.25, -0.2) is 0 Å². The molecule has 0 aromatic rings. The summed E-state index contributed by atoms with van der Waals surface area (Å²) in [6.07, 6.45) is -1.50. The van der Waals surface area contributed by atoms with Crippen LogP contribution in [0.1, 0.15) is 38.5 Å². The molecule has 2 radical (unpaired) electrons. The minimum atomic E-state index is -1.44. The molecule has 0 aliphatic carbocycles. The Balaban J connectivity index is -0.000000110. The zero-order valence-corrected chi connectivity index (χ0v) is 18.5. The zero-order chi connectivity index (χ0) is 24.4. The molecule has 3 atom stereocenters. The molecule has 0 aliphatic heterocycles. The third-order valence-electron chi connectivity index (χ3n) is 2.89. The van der Waals surface area contributed by atoms with Gasteiger partial charge in [-0.2, -0.15) is 0 Å². The molecule has 0 spiro atoms. The van der Waals surface area contributed by atoms with E-state index in [-0.39, 0.29) is 72.7 Å². The number of nitrogens with two attached hydrogens (primary N) is 3. The van der Waals surface area contributed by atoms with Crippen molar-refractivity contribution in [2.75, 3.05) is 0 Å². The van der Waals surface area contributed by atoms with Gasteiger partial charge in [-0.15, -0.1) is 0 Å². The molecule has 32 heavy (non-hydrogen) atoms. The van der Waals surface area contributed by atoms with Gasteiger partial charge in [-0.05, 0) is 38.5 Å². The van der Waals surface area contributed by atoms with Crippen molar-refractivity contribution >= 4 is 35.8 Å². The summed E-state index contributed by atoms with van der Waals surface area (Å²) in [5, 5.41) is 58.8. The first-order valence-corrected chi connectivity index (χ1v) is 8.10. The maximum atomic E-state index is 9.86. The molecular formula is C15H21Fe2N3O12. The molecule has 0 aromatic carbocycles. The molecule has 3 unspecified atom stereocenters. The normalized spacial score (nSPS) is 11.7. The van der Waals surface area contributed by atoms with Crippen LogP contribution < -0.4 is 47.8 Å². The van der Waals surface area contributed by atoms with E-state index in [4.69, 9.17) is 17.2 Å². The van der Waals surface area contributed by atoms with Crippen LogP contribution in [0, 0.1) is 0 Å². The standard InChI is InChI=1S/3C5H9NO4.2Fe/c3*6-3(5(9)10)1-2-4(7)8;;/h3*3H,1-2,6H2,(H,7,8)(H,9,10);;/q;;;2*+3/p-6. The molecule has 0 aromatic heterocycles. The third-order valence-corrected chi connectivity index (χ3v) is 2.89. The van der Waals surface area contributed by atoms with Gasteiger partial charge in [0.1, 0.15) is 0 Å². The van der Waals surface area contributed by atoms with Crippen LogP contribution in [0.15, 0.2) is 0 Å². The maximum absolute atomic E-state index is 9.86. The van der Waals surface area contributed by atoms with Crippen LogP contribution >= 0.6 is 0 Å². The van der Waals surface area contributed by atoms with Crippen LogP contribution in [0.25, 0.3) is 0 Å². The number of carbonyl (C=O) groups is 6. The number of carboxylic acid groups (broad SMARTS) is 6. The molecule has 0 saturated heterocycles. The number of aliphatic carboxylic acids is 6. The summed E-state index contributed by atoms with van der Waals surface area (Å²) in [7, 11) is 0. The second-order valence-electron chi connectivity index (χ2n) is 5.51. The Hall–Kier alpha value is -2.26. The van der Waals surface area contributed by atoms with Crippen LogP contribution in [0.2, 0.25) is 0 Å². The Morgan fingerprint density at radius 3 is 0.719 bits per heavy atom. The Morgan fingerprint density at radius 2 is 0.625 bits per heavy atom. The van der Waals surface area contributed by atoms with E-state index in [1.807, 2.05) is 0 Å². The predicted octanol–water partition coefficient (Wildman–Crippen LogP) is -10.2. The number of carboxylic acids is 6. The fourth-order valence-corrected chi connectivity index (χ4v) is 1.17. The second-order valence-corrected chi connectivity index (χ2v) is 5.51. The summed E-state index contributed by atoms with van der Waals surface area (Å²) < 4.78 is 0. The van der Waals surface area contributed by atoms with E-state index < -0.39 is 53.9 Å². The van der Waals surface area contributed by atoms with Crippen molar-refractivity contribution in [3.05, 3.63) is 0 Å². The molecule has 0 bridgehead atoms. The van der Waals surface area contributed by atoms with E-state index >= 15 is 0 Å². The molecule has 17 heteroatoms. The average Bonchev–Trinajstić information content (AvgIpc) is 2.62. The topological polar surface area (TPSA) is 319 Å². The molecule has 15 nitrogen and oxygen atoms in total. The van der Waals surface area contributed by atoms with Gasteiger partial charge in [0.2, 0.25) is 0 Å². The van der Waals surface area contributed by atoms with Crippen molar-refractivity contribution in [1.29, 1.82) is 0 Å². The van der Waals surface area contributed by atoms with Gasteiger partial charge < -0.3 is 76.6 Å². The van der Waals surface area contributed by atoms with E-state index in [0.717, 1.165) is 0 Å². The average molecular weight is 547 g/mol. The Kier molecular flexibility index (Phi) is 29.4. The van der Waals surface area contributed by atoms with E-state index in [1.165, 1.54) is 0 Å². The van der Waals surface area contributed by atoms with Gasteiger partial charge >= 0.3 is 34.1 Å². The van der Waals surface area contributed by atoms with Crippen LogP contribution in [0.5, 0.6) is 0 Å². The van der Waals surface area contributed by atoms with Crippen molar-refractivity contribution in [2.24, 2.45) is 17.2 Å².